The number of carbonyl (C=O) groups is 1. The first-order valence-corrected chi connectivity index (χ1v) is 10.7. The molecule has 0 saturated heterocycles. The predicted octanol–water partition coefficient (Wildman–Crippen LogP) is 5.01. The zero-order valence-electron chi connectivity index (χ0n) is 17.2. The lowest BCUT2D eigenvalue weighted by Crippen LogP contribution is -2.20. The summed E-state index contributed by atoms with van der Waals surface area (Å²) in [6.07, 6.45) is 17.6. The molecule has 1 unspecified atom stereocenters. The number of hydrogen-bond acceptors (Lipinski definition) is 4. The predicted molar refractivity (Wildman–Crippen MR) is 107 cm³/mol. The first kappa shape index (κ1) is 27.6. The Labute approximate surface area is 160 Å². The molecule has 0 heterocycles. The van der Waals surface area contributed by atoms with Crippen LogP contribution < -0.4 is 0 Å². The zero-order chi connectivity index (χ0) is 20.0. The molecule has 0 bridgehead atoms. The fraction of sp³-hybridized carbons (Fsp3) is 0.952. The van der Waals surface area contributed by atoms with E-state index in [1.165, 1.54) is 90.4 Å². The van der Waals surface area contributed by atoms with Gasteiger partial charge in [0.15, 0.2) is 6.29 Å². The highest BCUT2D eigenvalue weighted by Gasteiger charge is 2.02. The van der Waals surface area contributed by atoms with Gasteiger partial charge in [0, 0.05) is 6.42 Å². The molecule has 4 N–H and O–H groups in total. The second-order valence-electron chi connectivity index (χ2n) is 7.25. The van der Waals surface area contributed by atoms with Crippen LogP contribution in [0.5, 0.6) is 0 Å². The quantitative estimate of drug-likeness (QED) is 0.211. The van der Waals surface area contributed by atoms with Gasteiger partial charge in [-0.05, 0) is 13.3 Å². The van der Waals surface area contributed by atoms with E-state index >= 15 is 0 Å². The van der Waals surface area contributed by atoms with Gasteiger partial charge in [0.2, 0.25) is 0 Å². The van der Waals surface area contributed by atoms with Gasteiger partial charge in [-0.3, -0.25) is 4.79 Å². The molecule has 0 aliphatic carbocycles. The van der Waals surface area contributed by atoms with Crippen LogP contribution in [-0.2, 0) is 4.79 Å². The van der Waals surface area contributed by atoms with Crippen LogP contribution in [0.1, 0.15) is 117 Å². The van der Waals surface area contributed by atoms with Gasteiger partial charge in [-0.25, -0.2) is 0 Å². The summed E-state index contributed by atoms with van der Waals surface area (Å²) in [5.74, 6) is -0.653. The number of aliphatic hydroxyl groups is 3. The molecular weight excluding hydrogens is 332 g/mol. The molecule has 0 spiro atoms. The van der Waals surface area contributed by atoms with E-state index in [1.807, 2.05) is 0 Å². The van der Waals surface area contributed by atoms with Crippen molar-refractivity contribution in [2.75, 3.05) is 0 Å². The maximum Gasteiger partial charge on any atom is 0.303 e. The van der Waals surface area contributed by atoms with Crippen LogP contribution in [0.3, 0.4) is 0 Å². The summed E-state index contributed by atoms with van der Waals surface area (Å²) in [6, 6.07) is 0. The molecule has 0 aliphatic heterocycles. The molecule has 5 nitrogen and oxygen atoms in total. The molecule has 158 valence electrons. The first-order valence-electron chi connectivity index (χ1n) is 10.7. The van der Waals surface area contributed by atoms with Crippen LogP contribution in [0.2, 0.25) is 0 Å². The van der Waals surface area contributed by atoms with E-state index in [2.05, 4.69) is 6.92 Å². The van der Waals surface area contributed by atoms with Gasteiger partial charge in [-0.2, -0.15) is 0 Å². The zero-order valence-corrected chi connectivity index (χ0v) is 17.2. The van der Waals surface area contributed by atoms with Crippen molar-refractivity contribution in [2.45, 2.75) is 129 Å². The molecule has 0 fully saturated rings. The van der Waals surface area contributed by atoms with E-state index in [0.717, 1.165) is 12.8 Å². The lowest BCUT2D eigenvalue weighted by molar-refractivity contribution is -0.137. The topological polar surface area (TPSA) is 98.0 Å². The van der Waals surface area contributed by atoms with Crippen molar-refractivity contribution in [3.8, 4) is 0 Å². The average Bonchev–Trinajstić information content (AvgIpc) is 2.58. The Morgan fingerprint density at radius 3 is 1.15 bits per heavy atom. The molecule has 0 aromatic rings. The minimum Gasteiger partial charge on any atom is -0.481 e. The van der Waals surface area contributed by atoms with Crippen molar-refractivity contribution in [3.63, 3.8) is 0 Å². The maximum absolute atomic E-state index is 10.3. The normalized spacial score (nSPS) is 11.9. The summed E-state index contributed by atoms with van der Waals surface area (Å²) in [6.45, 7) is 3.57. The highest BCUT2D eigenvalue weighted by Crippen LogP contribution is 2.13. The van der Waals surface area contributed by atoms with Gasteiger partial charge in [0.1, 0.15) is 6.10 Å². The molecule has 5 heteroatoms. The van der Waals surface area contributed by atoms with Gasteiger partial charge in [-0.15, -0.1) is 0 Å². The van der Waals surface area contributed by atoms with Crippen LogP contribution in [0, 0.1) is 0 Å². The van der Waals surface area contributed by atoms with Crippen molar-refractivity contribution in [3.05, 3.63) is 0 Å². The summed E-state index contributed by atoms with van der Waals surface area (Å²) in [5, 5.41) is 32.5. The molecule has 0 aliphatic rings. The van der Waals surface area contributed by atoms with Crippen LogP contribution in [-0.4, -0.2) is 38.8 Å². The monoisotopic (exact) mass is 376 g/mol. The molecule has 0 aromatic carbocycles. The second-order valence-corrected chi connectivity index (χ2v) is 7.25. The second kappa shape index (κ2) is 22.4. The molecule has 0 amide bonds. The van der Waals surface area contributed by atoms with Crippen LogP contribution in [0.4, 0.5) is 0 Å². The molecule has 1 atom stereocenters. The number of aliphatic carboxylic acids is 1. The largest absolute Gasteiger partial charge is 0.481 e. The molecule has 0 saturated carbocycles. The van der Waals surface area contributed by atoms with Gasteiger partial charge in [-0.1, -0.05) is 96.8 Å². The Morgan fingerprint density at radius 1 is 0.654 bits per heavy atom. The lowest BCUT2D eigenvalue weighted by atomic mass is 10.0. The Kier molecular flexibility index (Phi) is 23.7. The third-order valence-corrected chi connectivity index (χ3v) is 4.43. The fourth-order valence-electron chi connectivity index (χ4n) is 2.65. The lowest BCUT2D eigenvalue weighted by Gasteiger charge is -2.03. The van der Waals surface area contributed by atoms with Gasteiger partial charge >= 0.3 is 5.97 Å². The van der Waals surface area contributed by atoms with Crippen LogP contribution in [0.15, 0.2) is 0 Å². The molecule has 26 heavy (non-hydrogen) atoms. The Hall–Kier alpha value is -0.650. The van der Waals surface area contributed by atoms with E-state index in [1.54, 1.807) is 0 Å². The number of rotatable bonds is 17. The summed E-state index contributed by atoms with van der Waals surface area (Å²) in [5.41, 5.74) is 0. The van der Waals surface area contributed by atoms with Crippen molar-refractivity contribution < 1.29 is 25.2 Å². The number of aliphatic hydroxyl groups excluding tert-OH is 2. The highest BCUT2D eigenvalue weighted by molar-refractivity contribution is 5.66. The van der Waals surface area contributed by atoms with Crippen LogP contribution in [0.25, 0.3) is 0 Å². The fourth-order valence-corrected chi connectivity index (χ4v) is 2.65. The third-order valence-electron chi connectivity index (χ3n) is 4.43. The van der Waals surface area contributed by atoms with E-state index < -0.39 is 18.4 Å². The van der Waals surface area contributed by atoms with E-state index in [9.17, 15) is 4.79 Å². The van der Waals surface area contributed by atoms with Crippen molar-refractivity contribution >= 4 is 5.97 Å². The molecular formula is C21H44O5. The Bertz CT molecular complexity index is 274. The van der Waals surface area contributed by atoms with E-state index in [4.69, 9.17) is 20.4 Å². The molecule has 0 aromatic heterocycles. The highest BCUT2D eigenvalue weighted by atomic mass is 16.5. The minimum atomic E-state index is -1.59. The van der Waals surface area contributed by atoms with E-state index in [-0.39, 0.29) is 0 Å². The smallest absolute Gasteiger partial charge is 0.303 e. The van der Waals surface area contributed by atoms with Crippen molar-refractivity contribution in [2.24, 2.45) is 0 Å². The van der Waals surface area contributed by atoms with Gasteiger partial charge in [0.25, 0.3) is 0 Å². The SMILES string of the molecule is CC(O)C(O)O.CCCCCCCCCCCCCCCCCC(=O)O. The summed E-state index contributed by atoms with van der Waals surface area (Å²) in [7, 11) is 0. The number of carboxylic acids is 1. The number of carboxylic acid groups (broad SMARTS) is 1. The molecule has 0 radical (unpaired) electrons. The van der Waals surface area contributed by atoms with Crippen LogP contribution >= 0.6 is 0 Å². The summed E-state index contributed by atoms with van der Waals surface area (Å²) < 4.78 is 0. The first-order chi connectivity index (χ1) is 12.4. The summed E-state index contributed by atoms with van der Waals surface area (Å²) >= 11 is 0. The van der Waals surface area contributed by atoms with Gasteiger partial charge < -0.3 is 20.4 Å². The Balaban J connectivity index is 0. The summed E-state index contributed by atoms with van der Waals surface area (Å²) in [4.78, 5) is 10.3. The molecule has 0 rings (SSSR count). The Morgan fingerprint density at radius 2 is 0.923 bits per heavy atom. The van der Waals surface area contributed by atoms with Gasteiger partial charge in [0.05, 0.1) is 0 Å². The maximum atomic E-state index is 10.3. The average molecular weight is 377 g/mol. The van der Waals surface area contributed by atoms with Crippen molar-refractivity contribution in [1.29, 1.82) is 0 Å². The number of unbranched alkanes of at least 4 members (excludes halogenated alkanes) is 14. The third kappa shape index (κ3) is 28.2. The minimum absolute atomic E-state index is 0.345. The number of hydrogen-bond donors (Lipinski definition) is 4. The van der Waals surface area contributed by atoms with Crippen molar-refractivity contribution in [1.82, 2.24) is 0 Å². The standard InChI is InChI=1S/C18H36O2.C3H8O3/c1-2-3-4-5-6-7-8-9-10-11-12-13-14-15-16-17-18(19)20;1-2(4)3(5)6/h2-17H2,1H3,(H,19,20);2-6H,1H3. The van der Waals surface area contributed by atoms with E-state index in [0.29, 0.717) is 6.42 Å².